The van der Waals surface area contributed by atoms with Crippen molar-refractivity contribution in [1.29, 1.82) is 0 Å². The van der Waals surface area contributed by atoms with Crippen molar-refractivity contribution >= 4 is 28.6 Å². The highest BCUT2D eigenvalue weighted by atomic mass is 35.5. The van der Waals surface area contributed by atoms with Crippen LogP contribution < -0.4 is 10.2 Å². The molecular weight excluding hydrogens is 252 g/mol. The van der Waals surface area contributed by atoms with Crippen LogP contribution >= 0.6 is 11.6 Å². The maximum Gasteiger partial charge on any atom is 0.327 e. The Bertz CT molecular complexity index is 488. The van der Waals surface area contributed by atoms with Crippen LogP contribution in [0.1, 0.15) is 17.5 Å². The average Bonchev–Trinajstić information content (AvgIpc) is 2.35. The molecule has 0 bridgehead atoms. The predicted octanol–water partition coefficient (Wildman–Crippen LogP) is 2.09. The molecule has 0 spiro atoms. The van der Waals surface area contributed by atoms with Gasteiger partial charge < -0.3 is 5.32 Å². The third-order valence-corrected chi connectivity index (χ3v) is 3.25. The molecule has 0 radical (unpaired) electrons. The second kappa shape index (κ2) is 5.50. The van der Waals surface area contributed by atoms with Gasteiger partial charge in [-0.15, -0.1) is 0 Å². The molecule has 2 amide bonds. The largest absolute Gasteiger partial charge is 0.327 e. The number of likely N-dealkylation sites (N-methyl/N-ethyl adjacent to an activating group) is 1. The van der Waals surface area contributed by atoms with Crippen LogP contribution in [0.25, 0.3) is 0 Å². The first-order valence-corrected chi connectivity index (χ1v) is 6.30. The van der Waals surface area contributed by atoms with E-state index < -0.39 is 5.37 Å². The third kappa shape index (κ3) is 2.54. The average molecular weight is 267 g/mol. The summed E-state index contributed by atoms with van der Waals surface area (Å²) in [6, 6.07) is 5.78. The Morgan fingerprint density at radius 2 is 2.22 bits per heavy atom. The number of halogens is 1. The number of aryl methyl sites for hydroxylation is 1. The molecule has 0 fully saturated rings. The number of benzene rings is 1. The summed E-state index contributed by atoms with van der Waals surface area (Å²) in [7, 11) is 1.91. The number of imide groups is 1. The van der Waals surface area contributed by atoms with Crippen LogP contribution in [0.5, 0.6) is 0 Å². The molecule has 1 aromatic rings. The van der Waals surface area contributed by atoms with Crippen molar-refractivity contribution in [3.05, 3.63) is 29.3 Å². The van der Waals surface area contributed by atoms with E-state index in [1.807, 2.05) is 19.2 Å². The van der Waals surface area contributed by atoms with Crippen molar-refractivity contribution in [2.75, 3.05) is 18.5 Å². The van der Waals surface area contributed by atoms with Crippen LogP contribution in [0, 0.1) is 0 Å². The van der Waals surface area contributed by atoms with Gasteiger partial charge in [-0.05, 0) is 55.2 Å². The SMILES string of the molecule is CNCCc1ccc2c(c1)CCC(=O)N2C(=O)Cl. The van der Waals surface area contributed by atoms with Crippen molar-refractivity contribution < 1.29 is 9.59 Å². The minimum absolute atomic E-state index is 0.231. The number of carbonyl (C=O) groups is 2. The summed E-state index contributed by atoms with van der Waals surface area (Å²) in [5.74, 6) is -0.231. The molecule has 1 aliphatic heterocycles. The molecule has 2 rings (SSSR count). The van der Waals surface area contributed by atoms with E-state index in [1.54, 1.807) is 6.07 Å². The maximum absolute atomic E-state index is 11.7. The second-order valence-corrected chi connectivity index (χ2v) is 4.62. The lowest BCUT2D eigenvalue weighted by Crippen LogP contribution is -2.37. The summed E-state index contributed by atoms with van der Waals surface area (Å²) in [5, 5.41) is 2.36. The Morgan fingerprint density at radius 3 is 2.89 bits per heavy atom. The van der Waals surface area contributed by atoms with Crippen LogP contribution in [-0.4, -0.2) is 24.9 Å². The molecule has 1 heterocycles. The predicted molar refractivity (Wildman–Crippen MR) is 71.1 cm³/mol. The van der Waals surface area contributed by atoms with Crippen molar-refractivity contribution in [2.24, 2.45) is 0 Å². The van der Waals surface area contributed by atoms with E-state index in [0.717, 1.165) is 23.4 Å². The van der Waals surface area contributed by atoms with Crippen molar-refractivity contribution in [3.63, 3.8) is 0 Å². The molecule has 5 heteroatoms. The highest BCUT2D eigenvalue weighted by molar-refractivity contribution is 6.68. The van der Waals surface area contributed by atoms with E-state index >= 15 is 0 Å². The van der Waals surface area contributed by atoms with E-state index in [4.69, 9.17) is 11.6 Å². The lowest BCUT2D eigenvalue weighted by atomic mass is 9.98. The second-order valence-electron chi connectivity index (χ2n) is 4.30. The van der Waals surface area contributed by atoms with Gasteiger partial charge in [0, 0.05) is 6.42 Å². The van der Waals surface area contributed by atoms with E-state index in [0.29, 0.717) is 18.5 Å². The van der Waals surface area contributed by atoms with Gasteiger partial charge in [0.25, 0.3) is 0 Å². The molecule has 18 heavy (non-hydrogen) atoms. The van der Waals surface area contributed by atoms with Gasteiger partial charge in [0.05, 0.1) is 5.69 Å². The van der Waals surface area contributed by atoms with Gasteiger partial charge in [-0.25, -0.2) is 4.90 Å². The van der Waals surface area contributed by atoms with Gasteiger partial charge in [0.15, 0.2) is 0 Å². The third-order valence-electron chi connectivity index (χ3n) is 3.08. The Labute approximate surface area is 111 Å². The van der Waals surface area contributed by atoms with Crippen molar-refractivity contribution in [3.8, 4) is 0 Å². The smallest absolute Gasteiger partial charge is 0.319 e. The van der Waals surface area contributed by atoms with Crippen LogP contribution in [0.15, 0.2) is 18.2 Å². The number of anilines is 1. The summed E-state index contributed by atoms with van der Waals surface area (Å²) in [5.41, 5.74) is 2.83. The molecule has 1 aromatic carbocycles. The number of rotatable bonds is 3. The number of nitrogens with one attached hydrogen (secondary N) is 1. The van der Waals surface area contributed by atoms with Gasteiger partial charge in [0.2, 0.25) is 5.91 Å². The summed E-state index contributed by atoms with van der Waals surface area (Å²) in [4.78, 5) is 24.0. The Kier molecular flexibility index (Phi) is 3.99. The molecule has 0 aliphatic carbocycles. The van der Waals surface area contributed by atoms with Gasteiger partial charge >= 0.3 is 5.37 Å². The van der Waals surface area contributed by atoms with Gasteiger partial charge in [-0.3, -0.25) is 9.59 Å². The molecule has 1 aliphatic rings. The molecule has 0 saturated heterocycles. The molecule has 0 unspecified atom stereocenters. The Balaban J connectivity index is 2.31. The highest BCUT2D eigenvalue weighted by Gasteiger charge is 2.28. The van der Waals surface area contributed by atoms with Crippen LogP contribution in [0.4, 0.5) is 10.5 Å². The molecule has 4 nitrogen and oxygen atoms in total. The molecule has 0 saturated carbocycles. The Morgan fingerprint density at radius 1 is 1.44 bits per heavy atom. The Hall–Kier alpha value is -1.39. The number of carbonyl (C=O) groups excluding carboxylic acids is 2. The fourth-order valence-electron chi connectivity index (χ4n) is 2.16. The lowest BCUT2D eigenvalue weighted by Gasteiger charge is -2.26. The topological polar surface area (TPSA) is 49.4 Å². The fraction of sp³-hybridized carbons (Fsp3) is 0.385. The summed E-state index contributed by atoms with van der Waals surface area (Å²) in [6.45, 7) is 0.899. The number of fused-ring (bicyclic) bond motifs is 1. The number of amides is 2. The molecule has 0 atom stereocenters. The number of hydrogen-bond donors (Lipinski definition) is 1. The number of hydrogen-bond acceptors (Lipinski definition) is 3. The van der Waals surface area contributed by atoms with Crippen LogP contribution in [0.2, 0.25) is 0 Å². The standard InChI is InChI=1S/C13H15ClN2O2/c1-15-7-6-9-2-4-11-10(8-9)3-5-12(17)16(11)13(14)18/h2,4,8,15H,3,5-7H2,1H3. The lowest BCUT2D eigenvalue weighted by molar-refractivity contribution is -0.118. The quantitative estimate of drug-likeness (QED) is 0.673. The monoisotopic (exact) mass is 266 g/mol. The first-order valence-electron chi connectivity index (χ1n) is 5.92. The van der Waals surface area contributed by atoms with E-state index in [-0.39, 0.29) is 5.91 Å². The highest BCUT2D eigenvalue weighted by Crippen LogP contribution is 2.29. The first-order chi connectivity index (χ1) is 8.63. The zero-order chi connectivity index (χ0) is 13.1. The maximum atomic E-state index is 11.7. The van der Waals surface area contributed by atoms with E-state index in [9.17, 15) is 9.59 Å². The van der Waals surface area contributed by atoms with Gasteiger partial charge in [0.1, 0.15) is 0 Å². The normalized spacial score (nSPS) is 14.6. The van der Waals surface area contributed by atoms with Crippen molar-refractivity contribution in [2.45, 2.75) is 19.3 Å². The van der Waals surface area contributed by atoms with Gasteiger partial charge in [-0.2, -0.15) is 0 Å². The van der Waals surface area contributed by atoms with E-state index in [1.165, 1.54) is 5.56 Å². The zero-order valence-corrected chi connectivity index (χ0v) is 11.0. The van der Waals surface area contributed by atoms with Crippen LogP contribution in [0.3, 0.4) is 0 Å². The fourth-order valence-corrected chi connectivity index (χ4v) is 2.35. The molecule has 0 aromatic heterocycles. The molecular formula is C13H15ClN2O2. The first kappa shape index (κ1) is 13.1. The summed E-state index contributed by atoms with van der Waals surface area (Å²) >= 11 is 5.46. The van der Waals surface area contributed by atoms with Crippen molar-refractivity contribution in [1.82, 2.24) is 5.32 Å². The minimum Gasteiger partial charge on any atom is -0.319 e. The summed E-state index contributed by atoms with van der Waals surface area (Å²) in [6.07, 6.45) is 1.93. The molecule has 96 valence electrons. The van der Waals surface area contributed by atoms with Crippen LogP contribution in [-0.2, 0) is 17.6 Å². The minimum atomic E-state index is -0.732. The van der Waals surface area contributed by atoms with E-state index in [2.05, 4.69) is 5.32 Å². The van der Waals surface area contributed by atoms with Gasteiger partial charge in [-0.1, -0.05) is 12.1 Å². The summed E-state index contributed by atoms with van der Waals surface area (Å²) < 4.78 is 0. The zero-order valence-electron chi connectivity index (χ0n) is 10.2. The molecule has 1 N–H and O–H groups in total. The number of nitrogens with zero attached hydrogens (tertiary/aromatic N) is 1.